The summed E-state index contributed by atoms with van der Waals surface area (Å²) < 4.78 is 34.8. The smallest absolute Gasteiger partial charge is 0.264 e. The number of hydrogen-bond donors (Lipinski definition) is 1. The summed E-state index contributed by atoms with van der Waals surface area (Å²) in [6.07, 6.45) is 0.723. The predicted octanol–water partition coefficient (Wildman–Crippen LogP) is 5.95. The first kappa shape index (κ1) is 32.4. The zero-order valence-corrected chi connectivity index (χ0v) is 26.9. The van der Waals surface area contributed by atoms with Crippen LogP contribution in [0.4, 0.5) is 5.69 Å². The van der Waals surface area contributed by atoms with Crippen molar-refractivity contribution in [3.05, 3.63) is 87.4 Å². The Hall–Kier alpha value is -3.08. The normalized spacial score (nSPS) is 12.8. The standard InChI is InChI=1S/C30H35BrClN3O5S/c1-6-21(3)33-30(37)22(4)34(18-23-9-11-24(32)12-10-23)29(36)19-35(25-13-7-20(2)8-14-25)41(38,39)26-15-16-28(40-5)27(31)17-26/h7-17,21-22H,6,18-19H2,1-5H3,(H,33,37)/t21-,22-/m1/s1. The molecular weight excluding hydrogens is 630 g/mol. The molecule has 0 fully saturated rings. The minimum Gasteiger partial charge on any atom is -0.496 e. The van der Waals surface area contributed by atoms with Crippen molar-refractivity contribution in [1.82, 2.24) is 10.2 Å². The van der Waals surface area contributed by atoms with Gasteiger partial charge < -0.3 is 15.0 Å². The SMILES string of the molecule is CC[C@@H](C)NC(=O)[C@@H](C)N(Cc1ccc(Cl)cc1)C(=O)CN(c1ccc(C)cc1)S(=O)(=O)c1ccc(OC)c(Br)c1. The second-order valence-corrected chi connectivity index (χ2v) is 12.9. The average molecular weight is 665 g/mol. The summed E-state index contributed by atoms with van der Waals surface area (Å²) in [6.45, 7) is 6.92. The molecule has 0 unspecified atom stereocenters. The molecule has 3 aromatic carbocycles. The van der Waals surface area contributed by atoms with Crippen molar-refractivity contribution in [1.29, 1.82) is 0 Å². The number of amides is 2. The molecule has 0 radical (unpaired) electrons. The lowest BCUT2D eigenvalue weighted by atomic mass is 10.1. The second-order valence-electron chi connectivity index (χ2n) is 9.79. The van der Waals surface area contributed by atoms with Crippen LogP contribution in [0.15, 0.2) is 76.1 Å². The number of nitrogens with one attached hydrogen (secondary N) is 1. The van der Waals surface area contributed by atoms with Gasteiger partial charge >= 0.3 is 0 Å². The molecular formula is C30H35BrClN3O5S. The molecule has 8 nitrogen and oxygen atoms in total. The highest BCUT2D eigenvalue weighted by Gasteiger charge is 2.33. The van der Waals surface area contributed by atoms with Crippen molar-refractivity contribution in [2.75, 3.05) is 18.0 Å². The molecule has 0 heterocycles. The van der Waals surface area contributed by atoms with Gasteiger partial charge in [-0.2, -0.15) is 0 Å². The van der Waals surface area contributed by atoms with Crippen molar-refractivity contribution in [3.8, 4) is 5.75 Å². The van der Waals surface area contributed by atoms with Crippen LogP contribution in [0.2, 0.25) is 5.02 Å². The van der Waals surface area contributed by atoms with E-state index in [1.165, 1.54) is 24.1 Å². The number of carbonyl (C=O) groups is 2. The highest BCUT2D eigenvalue weighted by atomic mass is 79.9. The van der Waals surface area contributed by atoms with Gasteiger partial charge in [-0.25, -0.2) is 8.42 Å². The summed E-state index contributed by atoms with van der Waals surface area (Å²) >= 11 is 9.41. The lowest BCUT2D eigenvalue weighted by Crippen LogP contribution is -2.52. The van der Waals surface area contributed by atoms with E-state index in [0.717, 1.165) is 21.9 Å². The summed E-state index contributed by atoms with van der Waals surface area (Å²) in [5.74, 6) is -0.397. The number of halogens is 2. The van der Waals surface area contributed by atoms with Crippen LogP contribution >= 0.6 is 27.5 Å². The third kappa shape index (κ3) is 8.24. The first-order valence-electron chi connectivity index (χ1n) is 13.1. The molecule has 2 atom stereocenters. The Morgan fingerprint density at radius 2 is 1.66 bits per heavy atom. The molecule has 0 bridgehead atoms. The zero-order valence-electron chi connectivity index (χ0n) is 23.7. The maximum Gasteiger partial charge on any atom is 0.264 e. The molecule has 0 saturated carbocycles. The number of aryl methyl sites for hydroxylation is 1. The Morgan fingerprint density at radius 1 is 1.02 bits per heavy atom. The third-order valence-corrected chi connectivity index (χ3v) is 9.39. The van der Waals surface area contributed by atoms with Gasteiger partial charge in [-0.1, -0.05) is 48.4 Å². The number of methoxy groups -OCH3 is 1. The van der Waals surface area contributed by atoms with Gasteiger partial charge in [0.1, 0.15) is 18.3 Å². The Balaban J connectivity index is 2.04. The minimum atomic E-state index is -4.21. The summed E-state index contributed by atoms with van der Waals surface area (Å²) in [4.78, 5) is 28.5. The van der Waals surface area contributed by atoms with Gasteiger partial charge in [-0.15, -0.1) is 0 Å². The first-order chi connectivity index (χ1) is 19.4. The lowest BCUT2D eigenvalue weighted by Gasteiger charge is -2.32. The van der Waals surface area contributed by atoms with Gasteiger partial charge in [0.2, 0.25) is 11.8 Å². The third-order valence-electron chi connectivity index (χ3n) is 6.75. The van der Waals surface area contributed by atoms with Crippen molar-refractivity contribution < 1.29 is 22.7 Å². The molecule has 3 aromatic rings. The minimum absolute atomic E-state index is 0.0228. The maximum atomic E-state index is 14.0. The molecule has 0 spiro atoms. The first-order valence-corrected chi connectivity index (χ1v) is 15.8. The summed E-state index contributed by atoms with van der Waals surface area (Å²) in [5.41, 5.74) is 2.00. The van der Waals surface area contributed by atoms with Gasteiger partial charge in [0, 0.05) is 17.6 Å². The van der Waals surface area contributed by atoms with Gasteiger partial charge in [-0.05, 0) is 91.1 Å². The Kier molecular flexibility index (Phi) is 11.2. The van der Waals surface area contributed by atoms with Gasteiger partial charge in [-0.3, -0.25) is 13.9 Å². The van der Waals surface area contributed by atoms with E-state index in [-0.39, 0.29) is 23.4 Å². The van der Waals surface area contributed by atoms with Crippen molar-refractivity contribution in [2.45, 2.75) is 57.6 Å². The molecule has 220 valence electrons. The molecule has 11 heteroatoms. The summed E-state index contributed by atoms with van der Waals surface area (Å²) in [5, 5.41) is 3.46. The fourth-order valence-corrected chi connectivity index (χ4v) is 6.27. The average Bonchev–Trinajstić information content (AvgIpc) is 2.95. The van der Waals surface area contributed by atoms with Crippen LogP contribution in [0, 0.1) is 6.92 Å². The van der Waals surface area contributed by atoms with E-state index in [0.29, 0.717) is 20.9 Å². The van der Waals surface area contributed by atoms with E-state index in [4.69, 9.17) is 16.3 Å². The van der Waals surface area contributed by atoms with Gasteiger partial charge in [0.05, 0.1) is 22.2 Å². The quantitative estimate of drug-likeness (QED) is 0.258. The van der Waals surface area contributed by atoms with Gasteiger partial charge in [0.25, 0.3) is 10.0 Å². The highest BCUT2D eigenvalue weighted by Crippen LogP contribution is 2.31. The number of sulfonamides is 1. The molecule has 1 N–H and O–H groups in total. The number of hydrogen-bond acceptors (Lipinski definition) is 5. The topological polar surface area (TPSA) is 96.0 Å². The second kappa shape index (κ2) is 14.2. The van der Waals surface area contributed by atoms with E-state index in [1.54, 1.807) is 61.5 Å². The Labute approximate surface area is 255 Å². The van der Waals surface area contributed by atoms with Crippen molar-refractivity contribution >= 4 is 55.1 Å². The summed E-state index contributed by atoms with van der Waals surface area (Å²) in [7, 11) is -2.72. The predicted molar refractivity (Wildman–Crippen MR) is 166 cm³/mol. The number of carbonyl (C=O) groups excluding carboxylic acids is 2. The number of anilines is 1. The van der Waals surface area contributed by atoms with Crippen molar-refractivity contribution in [3.63, 3.8) is 0 Å². The number of nitrogens with zero attached hydrogens (tertiary/aromatic N) is 2. The molecule has 0 aliphatic carbocycles. The van der Waals surface area contributed by atoms with E-state index in [9.17, 15) is 18.0 Å². The summed E-state index contributed by atoms with van der Waals surface area (Å²) in [6, 6.07) is 17.3. The van der Waals surface area contributed by atoms with E-state index >= 15 is 0 Å². The number of ether oxygens (including phenoxy) is 1. The van der Waals surface area contributed by atoms with Crippen LogP contribution < -0.4 is 14.4 Å². The zero-order chi connectivity index (χ0) is 30.3. The molecule has 0 aliphatic heterocycles. The fourth-order valence-electron chi connectivity index (χ4n) is 4.01. The molecule has 0 saturated heterocycles. The fraction of sp³-hybridized carbons (Fsp3) is 0.333. The number of rotatable bonds is 12. The van der Waals surface area contributed by atoms with Crippen molar-refractivity contribution in [2.24, 2.45) is 0 Å². The highest BCUT2D eigenvalue weighted by molar-refractivity contribution is 9.10. The van der Waals surface area contributed by atoms with E-state index < -0.39 is 28.5 Å². The van der Waals surface area contributed by atoms with Crippen LogP contribution in [-0.4, -0.2) is 50.9 Å². The maximum absolute atomic E-state index is 14.0. The van der Waals surface area contributed by atoms with E-state index in [2.05, 4.69) is 21.2 Å². The molecule has 2 amide bonds. The molecule has 41 heavy (non-hydrogen) atoms. The monoisotopic (exact) mass is 663 g/mol. The molecule has 0 aliphatic rings. The van der Waals surface area contributed by atoms with Crippen LogP contribution in [0.5, 0.6) is 5.75 Å². The number of benzene rings is 3. The molecule has 0 aromatic heterocycles. The lowest BCUT2D eigenvalue weighted by molar-refractivity contribution is -0.139. The van der Waals surface area contributed by atoms with Gasteiger partial charge in [0.15, 0.2) is 0 Å². The van der Waals surface area contributed by atoms with Crippen LogP contribution in [0.3, 0.4) is 0 Å². The largest absolute Gasteiger partial charge is 0.496 e. The Morgan fingerprint density at radius 3 is 2.22 bits per heavy atom. The van der Waals surface area contributed by atoms with Crippen LogP contribution in [0.25, 0.3) is 0 Å². The molecule has 3 rings (SSSR count). The Bertz CT molecular complexity index is 1470. The van der Waals surface area contributed by atoms with Crippen LogP contribution in [-0.2, 0) is 26.2 Å². The van der Waals surface area contributed by atoms with Crippen LogP contribution in [0.1, 0.15) is 38.3 Å². The van der Waals surface area contributed by atoms with E-state index in [1.807, 2.05) is 20.8 Å².